The van der Waals surface area contributed by atoms with Crippen LogP contribution in [0.15, 0.2) is 28.7 Å². The Hall–Kier alpha value is -0.840. The van der Waals surface area contributed by atoms with E-state index in [1.165, 1.54) is 0 Å². The largest absolute Gasteiger partial charge is 0.353 e. The molecule has 3 nitrogen and oxygen atoms in total. The maximum atomic E-state index is 5.93. The second-order valence-electron chi connectivity index (χ2n) is 3.41. The van der Waals surface area contributed by atoms with Gasteiger partial charge in [-0.1, -0.05) is 45.2 Å². The summed E-state index contributed by atoms with van der Waals surface area (Å²) in [6, 6.07) is 7.49. The molecule has 6 heteroatoms. The van der Waals surface area contributed by atoms with Gasteiger partial charge in [0.2, 0.25) is 0 Å². The van der Waals surface area contributed by atoms with Crippen LogP contribution in [0, 0.1) is 6.92 Å². The van der Waals surface area contributed by atoms with Crippen LogP contribution in [-0.4, -0.2) is 10.2 Å². The van der Waals surface area contributed by atoms with Crippen molar-refractivity contribution in [2.75, 3.05) is 5.32 Å². The summed E-state index contributed by atoms with van der Waals surface area (Å²) in [5.74, 6) is 0. The molecule has 0 atom stereocenters. The van der Waals surface area contributed by atoms with Crippen molar-refractivity contribution in [3.05, 3.63) is 44.6 Å². The SMILES string of the molecule is Cc1c(Br)cccc1Nc1cc(Cl)nnc1Cl. The van der Waals surface area contributed by atoms with Crippen LogP contribution < -0.4 is 5.32 Å². The van der Waals surface area contributed by atoms with Crippen molar-refractivity contribution in [2.45, 2.75) is 6.92 Å². The molecular weight excluding hydrogens is 325 g/mol. The third kappa shape index (κ3) is 2.89. The Bertz CT molecular complexity index is 560. The minimum atomic E-state index is 0.286. The first-order valence-electron chi connectivity index (χ1n) is 4.79. The van der Waals surface area contributed by atoms with Gasteiger partial charge in [0.25, 0.3) is 0 Å². The third-order valence-electron chi connectivity index (χ3n) is 2.26. The van der Waals surface area contributed by atoms with Crippen LogP contribution in [0.1, 0.15) is 5.56 Å². The van der Waals surface area contributed by atoms with Gasteiger partial charge < -0.3 is 5.32 Å². The summed E-state index contributed by atoms with van der Waals surface area (Å²) < 4.78 is 1.02. The lowest BCUT2D eigenvalue weighted by atomic mass is 10.2. The van der Waals surface area contributed by atoms with Crippen LogP contribution in [0.5, 0.6) is 0 Å². The van der Waals surface area contributed by atoms with Crippen molar-refractivity contribution in [3.63, 3.8) is 0 Å². The van der Waals surface area contributed by atoms with Gasteiger partial charge in [0.15, 0.2) is 10.3 Å². The summed E-state index contributed by atoms with van der Waals surface area (Å²) in [6.45, 7) is 2.00. The van der Waals surface area contributed by atoms with Crippen molar-refractivity contribution in [1.29, 1.82) is 0 Å². The quantitative estimate of drug-likeness (QED) is 0.873. The van der Waals surface area contributed by atoms with E-state index in [-0.39, 0.29) is 5.15 Å². The van der Waals surface area contributed by atoms with Crippen molar-refractivity contribution < 1.29 is 0 Å². The van der Waals surface area contributed by atoms with Gasteiger partial charge >= 0.3 is 0 Å². The number of aromatic nitrogens is 2. The van der Waals surface area contributed by atoms with Crippen LogP contribution in [0.4, 0.5) is 11.4 Å². The maximum absolute atomic E-state index is 5.93. The molecule has 0 aliphatic carbocycles. The standard InChI is InChI=1S/C11H8BrCl2N3/c1-6-7(12)3-2-4-8(6)15-9-5-10(13)16-17-11(9)14/h2-5H,1H3,(H,15,16). The first-order valence-corrected chi connectivity index (χ1v) is 6.33. The fourth-order valence-corrected chi connectivity index (χ4v) is 1.98. The van der Waals surface area contributed by atoms with E-state index < -0.39 is 0 Å². The van der Waals surface area contributed by atoms with Gasteiger partial charge in [-0.05, 0) is 24.6 Å². The molecule has 1 heterocycles. The molecule has 0 aliphatic heterocycles. The molecule has 0 radical (unpaired) electrons. The molecule has 1 N–H and O–H groups in total. The van der Waals surface area contributed by atoms with E-state index in [2.05, 4.69) is 31.4 Å². The molecule has 0 spiro atoms. The topological polar surface area (TPSA) is 37.8 Å². The van der Waals surface area contributed by atoms with Gasteiger partial charge in [0, 0.05) is 16.2 Å². The highest BCUT2D eigenvalue weighted by molar-refractivity contribution is 9.10. The number of hydrogen-bond acceptors (Lipinski definition) is 3. The maximum Gasteiger partial charge on any atom is 0.175 e. The first-order chi connectivity index (χ1) is 8.08. The van der Waals surface area contributed by atoms with Gasteiger partial charge in [-0.2, -0.15) is 0 Å². The van der Waals surface area contributed by atoms with E-state index in [1.54, 1.807) is 6.07 Å². The number of hydrogen-bond donors (Lipinski definition) is 1. The molecule has 1 aromatic heterocycles. The smallest absolute Gasteiger partial charge is 0.175 e. The summed E-state index contributed by atoms with van der Waals surface area (Å²) in [5, 5.41) is 11.1. The predicted octanol–water partition coefficient (Wildman–Crippen LogP) is 4.60. The molecule has 2 rings (SSSR count). The van der Waals surface area contributed by atoms with Crippen molar-refractivity contribution in [3.8, 4) is 0 Å². The Labute approximate surface area is 117 Å². The second kappa shape index (κ2) is 5.21. The zero-order chi connectivity index (χ0) is 12.4. The molecule has 0 saturated carbocycles. The Kier molecular flexibility index (Phi) is 3.86. The zero-order valence-corrected chi connectivity index (χ0v) is 11.9. The molecule has 0 unspecified atom stereocenters. The van der Waals surface area contributed by atoms with Gasteiger partial charge in [-0.15, -0.1) is 10.2 Å². The number of nitrogens with one attached hydrogen (secondary N) is 1. The Balaban J connectivity index is 2.38. The van der Waals surface area contributed by atoms with Crippen molar-refractivity contribution in [2.24, 2.45) is 0 Å². The molecule has 0 bridgehead atoms. The average Bonchev–Trinajstić information content (AvgIpc) is 2.30. The molecule has 0 aliphatic rings. The van der Waals surface area contributed by atoms with Crippen LogP contribution in [0.2, 0.25) is 10.3 Å². The molecule has 88 valence electrons. The molecule has 2 aromatic rings. The number of halogens is 3. The van der Waals surface area contributed by atoms with Crippen LogP contribution in [0.25, 0.3) is 0 Å². The summed E-state index contributed by atoms with van der Waals surface area (Å²) in [4.78, 5) is 0. The zero-order valence-electron chi connectivity index (χ0n) is 8.84. The summed E-state index contributed by atoms with van der Waals surface area (Å²) in [6.07, 6.45) is 0. The van der Waals surface area contributed by atoms with Gasteiger partial charge in [0.05, 0.1) is 5.69 Å². The molecule has 1 aromatic carbocycles. The monoisotopic (exact) mass is 331 g/mol. The fraction of sp³-hybridized carbons (Fsp3) is 0.0909. The Morgan fingerprint density at radius 2 is 1.94 bits per heavy atom. The lowest BCUT2D eigenvalue weighted by molar-refractivity contribution is 1.03. The van der Waals surface area contributed by atoms with E-state index >= 15 is 0 Å². The van der Waals surface area contributed by atoms with E-state index in [4.69, 9.17) is 23.2 Å². The summed E-state index contributed by atoms with van der Waals surface area (Å²) in [7, 11) is 0. The van der Waals surface area contributed by atoms with Gasteiger partial charge in [0.1, 0.15) is 0 Å². The molecule has 17 heavy (non-hydrogen) atoms. The summed E-state index contributed by atoms with van der Waals surface area (Å²) >= 11 is 15.2. The van der Waals surface area contributed by atoms with Crippen molar-refractivity contribution in [1.82, 2.24) is 10.2 Å². The minimum absolute atomic E-state index is 0.286. The fourth-order valence-electron chi connectivity index (χ4n) is 1.33. The van der Waals surface area contributed by atoms with E-state index in [1.807, 2.05) is 25.1 Å². The highest BCUT2D eigenvalue weighted by Crippen LogP contribution is 2.29. The second-order valence-corrected chi connectivity index (χ2v) is 5.01. The lowest BCUT2D eigenvalue weighted by Gasteiger charge is -2.11. The van der Waals surface area contributed by atoms with E-state index in [0.717, 1.165) is 15.7 Å². The number of benzene rings is 1. The van der Waals surface area contributed by atoms with Crippen LogP contribution >= 0.6 is 39.1 Å². The summed E-state index contributed by atoms with van der Waals surface area (Å²) in [5.41, 5.74) is 2.65. The molecular formula is C11H8BrCl2N3. The predicted molar refractivity (Wildman–Crippen MR) is 74.2 cm³/mol. The Morgan fingerprint density at radius 3 is 2.71 bits per heavy atom. The molecule has 0 amide bonds. The minimum Gasteiger partial charge on any atom is -0.353 e. The van der Waals surface area contributed by atoms with Crippen molar-refractivity contribution >= 4 is 50.5 Å². The van der Waals surface area contributed by atoms with Gasteiger partial charge in [-0.3, -0.25) is 0 Å². The highest BCUT2D eigenvalue weighted by atomic mass is 79.9. The number of rotatable bonds is 2. The van der Waals surface area contributed by atoms with Crippen LogP contribution in [0.3, 0.4) is 0 Å². The normalized spacial score (nSPS) is 10.4. The Morgan fingerprint density at radius 1 is 1.18 bits per heavy atom. The highest BCUT2D eigenvalue weighted by Gasteiger charge is 2.07. The first kappa shape index (κ1) is 12.6. The van der Waals surface area contributed by atoms with E-state index in [9.17, 15) is 0 Å². The van der Waals surface area contributed by atoms with E-state index in [0.29, 0.717) is 10.8 Å². The molecule has 0 saturated heterocycles. The third-order valence-corrected chi connectivity index (χ3v) is 3.58. The van der Waals surface area contributed by atoms with Crippen LogP contribution in [-0.2, 0) is 0 Å². The lowest BCUT2D eigenvalue weighted by Crippen LogP contribution is -1.97. The van der Waals surface area contributed by atoms with Gasteiger partial charge in [-0.25, -0.2) is 0 Å². The number of nitrogens with zero attached hydrogens (tertiary/aromatic N) is 2. The number of anilines is 2. The average molecular weight is 333 g/mol. The molecule has 0 fully saturated rings.